The molecule has 1 aromatic rings. The zero-order valence-corrected chi connectivity index (χ0v) is 17.2. The number of nitrogens with two attached hydrogens (primary N) is 1. The third-order valence-electron chi connectivity index (χ3n) is 4.02. The Morgan fingerprint density at radius 2 is 1.45 bits per heavy atom. The first kappa shape index (κ1) is 25.7. The van der Waals surface area contributed by atoms with Gasteiger partial charge in [0.15, 0.2) is 0 Å². The van der Waals surface area contributed by atoms with Gasteiger partial charge in [0.1, 0.15) is 23.9 Å². The van der Waals surface area contributed by atoms with Crippen LogP contribution in [0, 0.1) is 0 Å². The maximum Gasteiger partial charge on any atom is 0.326 e. The average molecular weight is 456 g/mol. The predicted octanol–water partition coefficient (Wildman–Crippen LogP) is -2.16. The van der Waals surface area contributed by atoms with Crippen molar-refractivity contribution in [2.75, 3.05) is 12.3 Å². The molecule has 0 bridgehead atoms. The number of carboxylic acids is 2. The summed E-state index contributed by atoms with van der Waals surface area (Å²) in [6.07, 6.45) is -0.847. The quantitative estimate of drug-likeness (QED) is 0.161. The Labute approximate surface area is 182 Å². The lowest BCUT2D eigenvalue weighted by Crippen LogP contribution is -2.57. The van der Waals surface area contributed by atoms with Crippen LogP contribution in [0.25, 0.3) is 0 Å². The molecule has 0 fully saturated rings. The molecule has 0 aliphatic carbocycles. The van der Waals surface area contributed by atoms with Gasteiger partial charge in [-0.1, -0.05) is 12.1 Å². The zero-order chi connectivity index (χ0) is 23.6. The Hall–Kier alpha value is -3.32. The number of carbonyl (C=O) groups excluding carboxylic acids is 3. The van der Waals surface area contributed by atoms with Crippen LogP contribution in [-0.4, -0.2) is 75.4 Å². The monoisotopic (exact) mass is 456 g/mol. The van der Waals surface area contributed by atoms with Crippen molar-refractivity contribution in [1.29, 1.82) is 0 Å². The Morgan fingerprint density at radius 3 is 1.94 bits per heavy atom. The minimum Gasteiger partial charge on any atom is -0.508 e. The van der Waals surface area contributed by atoms with Crippen molar-refractivity contribution in [3.05, 3.63) is 29.8 Å². The first-order chi connectivity index (χ1) is 14.6. The van der Waals surface area contributed by atoms with Crippen LogP contribution in [0.15, 0.2) is 24.3 Å². The van der Waals surface area contributed by atoms with Gasteiger partial charge in [-0.05, 0) is 17.7 Å². The number of nitrogens with one attached hydrogen (secondary N) is 3. The second-order valence-corrected chi connectivity index (χ2v) is 6.80. The van der Waals surface area contributed by atoms with Gasteiger partial charge >= 0.3 is 11.9 Å². The second-order valence-electron chi connectivity index (χ2n) is 6.44. The van der Waals surface area contributed by atoms with Gasteiger partial charge in [0, 0.05) is 12.2 Å². The molecule has 1 rings (SSSR count). The van der Waals surface area contributed by atoms with Crippen LogP contribution in [0.4, 0.5) is 0 Å². The molecule has 1 aromatic carbocycles. The molecule has 3 atom stereocenters. The minimum atomic E-state index is -1.49. The number of carbonyl (C=O) groups is 5. The molecule has 0 aliphatic rings. The molecule has 13 heteroatoms. The fourth-order valence-electron chi connectivity index (χ4n) is 2.44. The summed E-state index contributed by atoms with van der Waals surface area (Å²) in [6, 6.07) is 1.58. The van der Waals surface area contributed by atoms with E-state index >= 15 is 0 Å². The van der Waals surface area contributed by atoms with Crippen LogP contribution in [0.1, 0.15) is 12.0 Å². The number of rotatable bonds is 12. The predicted molar refractivity (Wildman–Crippen MR) is 110 cm³/mol. The number of aliphatic carboxylic acids is 2. The van der Waals surface area contributed by atoms with Gasteiger partial charge in [-0.15, -0.1) is 0 Å². The van der Waals surface area contributed by atoms with Crippen LogP contribution in [0.2, 0.25) is 0 Å². The minimum absolute atomic E-state index is 0.00449. The summed E-state index contributed by atoms with van der Waals surface area (Å²) < 4.78 is 0. The number of carboxylic acid groups (broad SMARTS) is 2. The Kier molecular flexibility index (Phi) is 10.3. The molecule has 170 valence electrons. The molecule has 12 nitrogen and oxygen atoms in total. The summed E-state index contributed by atoms with van der Waals surface area (Å²) >= 11 is 3.97. The van der Waals surface area contributed by atoms with Crippen molar-refractivity contribution in [2.45, 2.75) is 31.0 Å². The van der Waals surface area contributed by atoms with Gasteiger partial charge in [0.2, 0.25) is 17.7 Å². The lowest BCUT2D eigenvalue weighted by Gasteiger charge is -2.23. The Bertz CT molecular complexity index is 817. The van der Waals surface area contributed by atoms with Gasteiger partial charge in [-0.3, -0.25) is 19.2 Å². The first-order valence-electron chi connectivity index (χ1n) is 9.00. The van der Waals surface area contributed by atoms with E-state index in [-0.39, 0.29) is 17.9 Å². The van der Waals surface area contributed by atoms with Crippen LogP contribution in [0.5, 0.6) is 5.75 Å². The van der Waals surface area contributed by atoms with Crippen molar-refractivity contribution in [2.24, 2.45) is 5.73 Å². The molecule has 3 amide bonds. The highest BCUT2D eigenvalue weighted by atomic mass is 32.1. The van der Waals surface area contributed by atoms with Gasteiger partial charge < -0.3 is 37.0 Å². The van der Waals surface area contributed by atoms with Crippen LogP contribution in [-0.2, 0) is 30.4 Å². The van der Waals surface area contributed by atoms with E-state index in [4.69, 9.17) is 10.8 Å². The van der Waals surface area contributed by atoms with Crippen molar-refractivity contribution < 1.29 is 39.3 Å². The highest BCUT2D eigenvalue weighted by Crippen LogP contribution is 2.11. The number of amides is 3. The number of benzene rings is 1. The third kappa shape index (κ3) is 8.92. The summed E-state index contributed by atoms with van der Waals surface area (Å²) in [6.45, 7) is -0.475. The van der Waals surface area contributed by atoms with Gasteiger partial charge in [-0.25, -0.2) is 4.79 Å². The first-order valence-corrected chi connectivity index (χ1v) is 9.64. The highest BCUT2D eigenvalue weighted by Gasteiger charge is 2.30. The SMILES string of the molecule is NCC(=O)NC(CC(=O)O)C(=O)NC(CS)C(=O)NC(Cc1ccc(O)cc1)C(=O)O. The molecule has 0 heterocycles. The third-order valence-corrected chi connectivity index (χ3v) is 4.39. The number of thiol groups is 1. The molecule has 31 heavy (non-hydrogen) atoms. The molecule has 0 radical (unpaired) electrons. The van der Waals surface area contributed by atoms with E-state index in [1.165, 1.54) is 24.3 Å². The molecule has 0 aromatic heterocycles. The average Bonchev–Trinajstić information content (AvgIpc) is 2.71. The lowest BCUT2D eigenvalue weighted by atomic mass is 10.1. The summed E-state index contributed by atoms with van der Waals surface area (Å²) in [5, 5.41) is 34.3. The smallest absolute Gasteiger partial charge is 0.326 e. The van der Waals surface area contributed by atoms with E-state index in [1.807, 2.05) is 0 Å². The summed E-state index contributed by atoms with van der Waals surface area (Å²) in [5.41, 5.74) is 5.68. The lowest BCUT2D eigenvalue weighted by molar-refractivity contribution is -0.143. The van der Waals surface area contributed by atoms with E-state index in [0.717, 1.165) is 0 Å². The number of phenols is 1. The molecule has 0 saturated heterocycles. The number of aromatic hydroxyl groups is 1. The summed E-state index contributed by atoms with van der Waals surface area (Å²) in [7, 11) is 0. The molecule has 3 unspecified atom stereocenters. The molecule has 0 aliphatic heterocycles. The fourth-order valence-corrected chi connectivity index (χ4v) is 2.70. The number of phenolic OH excluding ortho intramolecular Hbond substituents is 1. The van der Waals surface area contributed by atoms with Crippen molar-refractivity contribution in [1.82, 2.24) is 16.0 Å². The van der Waals surface area contributed by atoms with E-state index in [1.54, 1.807) is 0 Å². The Balaban J connectivity index is 2.85. The van der Waals surface area contributed by atoms with Crippen LogP contribution < -0.4 is 21.7 Å². The topological polar surface area (TPSA) is 208 Å². The summed E-state index contributed by atoms with van der Waals surface area (Å²) in [5.74, 6) is -5.54. The van der Waals surface area contributed by atoms with Crippen LogP contribution in [0.3, 0.4) is 0 Å². The van der Waals surface area contributed by atoms with Crippen LogP contribution >= 0.6 is 12.6 Å². The van der Waals surface area contributed by atoms with E-state index in [2.05, 4.69) is 28.6 Å². The van der Waals surface area contributed by atoms with Crippen molar-refractivity contribution in [3.8, 4) is 5.75 Å². The van der Waals surface area contributed by atoms with Gasteiger partial charge in [-0.2, -0.15) is 12.6 Å². The summed E-state index contributed by atoms with van der Waals surface area (Å²) in [4.78, 5) is 58.8. The molecular formula is C18H24N4O8S. The second kappa shape index (κ2) is 12.4. The van der Waals surface area contributed by atoms with Gasteiger partial charge in [0.05, 0.1) is 13.0 Å². The van der Waals surface area contributed by atoms with Crippen molar-refractivity contribution in [3.63, 3.8) is 0 Å². The maximum atomic E-state index is 12.5. The largest absolute Gasteiger partial charge is 0.508 e. The maximum absolute atomic E-state index is 12.5. The van der Waals surface area contributed by atoms with Crippen molar-refractivity contribution >= 4 is 42.3 Å². The highest BCUT2D eigenvalue weighted by molar-refractivity contribution is 7.80. The Morgan fingerprint density at radius 1 is 0.903 bits per heavy atom. The number of hydrogen-bond acceptors (Lipinski definition) is 8. The number of hydrogen-bond donors (Lipinski definition) is 8. The molecule has 8 N–H and O–H groups in total. The standard InChI is InChI=1S/C18H24N4O8S/c19-7-14(24)20-11(6-15(25)26)16(27)22-13(8-31)17(28)21-12(18(29)30)5-9-1-3-10(23)4-2-9/h1-4,11-13,23,31H,5-8,19H2,(H,20,24)(H,21,28)(H,22,27)(H,25,26)(H,29,30). The van der Waals surface area contributed by atoms with E-state index in [0.29, 0.717) is 5.56 Å². The fraction of sp³-hybridized carbons (Fsp3) is 0.389. The molecular weight excluding hydrogens is 432 g/mol. The molecule has 0 saturated carbocycles. The van der Waals surface area contributed by atoms with E-state index in [9.17, 15) is 34.2 Å². The van der Waals surface area contributed by atoms with E-state index < -0.39 is 60.8 Å². The van der Waals surface area contributed by atoms with Gasteiger partial charge in [0.25, 0.3) is 0 Å². The zero-order valence-electron chi connectivity index (χ0n) is 16.3. The normalized spacial score (nSPS) is 13.4. The molecule has 0 spiro atoms.